The van der Waals surface area contributed by atoms with E-state index in [1.165, 1.54) is 22.5 Å². The summed E-state index contributed by atoms with van der Waals surface area (Å²) in [7, 11) is 0. The lowest BCUT2D eigenvalue weighted by Crippen LogP contribution is -2.24. The van der Waals surface area contributed by atoms with Gasteiger partial charge >= 0.3 is 0 Å². The average molecular weight is 269 g/mol. The molecule has 2 heterocycles. The van der Waals surface area contributed by atoms with Gasteiger partial charge in [0.1, 0.15) is 0 Å². The maximum atomic E-state index is 4.66. The van der Waals surface area contributed by atoms with E-state index in [0.717, 1.165) is 38.9 Å². The number of aryl methyl sites for hydroxylation is 2. The fraction of sp³-hybridized carbons (Fsp3) is 0.471. The molecule has 0 saturated heterocycles. The van der Waals surface area contributed by atoms with Crippen LogP contribution in [0.2, 0.25) is 0 Å². The van der Waals surface area contributed by atoms with Crippen LogP contribution in [0.4, 0.5) is 0 Å². The Labute approximate surface area is 121 Å². The Kier molecular flexibility index (Phi) is 3.88. The van der Waals surface area contributed by atoms with Gasteiger partial charge in [-0.05, 0) is 49.1 Å². The fourth-order valence-electron chi connectivity index (χ4n) is 3.08. The van der Waals surface area contributed by atoms with Crippen LogP contribution in [0.25, 0.3) is 0 Å². The summed E-state index contributed by atoms with van der Waals surface area (Å²) in [5, 5.41) is 8.11. The van der Waals surface area contributed by atoms with E-state index in [0.29, 0.717) is 0 Å². The number of rotatable bonds is 4. The summed E-state index contributed by atoms with van der Waals surface area (Å²) >= 11 is 0. The van der Waals surface area contributed by atoms with Crippen molar-refractivity contribution in [3.05, 3.63) is 52.3 Å². The molecular weight excluding hydrogens is 246 g/mol. The molecule has 1 N–H and O–H groups in total. The molecule has 3 heteroatoms. The summed E-state index contributed by atoms with van der Waals surface area (Å²) in [5.74, 6) is 0. The summed E-state index contributed by atoms with van der Waals surface area (Å²) < 4.78 is 2.15. The third-order valence-corrected chi connectivity index (χ3v) is 4.18. The molecule has 106 valence electrons. The zero-order chi connectivity index (χ0) is 13.9. The Bertz CT molecular complexity index is 598. The molecule has 1 aliphatic rings. The van der Waals surface area contributed by atoms with E-state index in [2.05, 4.69) is 53.2 Å². The number of fused-ring (bicyclic) bond motifs is 1. The molecule has 20 heavy (non-hydrogen) atoms. The van der Waals surface area contributed by atoms with Gasteiger partial charge in [0.05, 0.1) is 5.69 Å². The van der Waals surface area contributed by atoms with Crippen molar-refractivity contribution in [2.45, 2.75) is 46.2 Å². The minimum atomic E-state index is 0.950. The standard InChI is InChI=1S/C17H23N3/c1-3-15-11-16(20(4-2)19-15)10-13-6-5-7-14-12-18-9-8-17(13)14/h5-7,11,18H,3-4,8-10,12H2,1-2H3. The lowest BCUT2D eigenvalue weighted by atomic mass is 9.93. The number of aromatic nitrogens is 2. The van der Waals surface area contributed by atoms with Crippen LogP contribution in [-0.4, -0.2) is 16.3 Å². The van der Waals surface area contributed by atoms with E-state index < -0.39 is 0 Å². The van der Waals surface area contributed by atoms with Gasteiger partial charge in [0.2, 0.25) is 0 Å². The summed E-state index contributed by atoms with van der Waals surface area (Å²) in [5.41, 5.74) is 7.03. The molecule has 0 bridgehead atoms. The molecule has 0 saturated carbocycles. The molecule has 0 amide bonds. The third-order valence-electron chi connectivity index (χ3n) is 4.18. The van der Waals surface area contributed by atoms with Gasteiger partial charge < -0.3 is 5.32 Å². The van der Waals surface area contributed by atoms with Crippen molar-refractivity contribution in [3.63, 3.8) is 0 Å². The van der Waals surface area contributed by atoms with Crippen molar-refractivity contribution < 1.29 is 0 Å². The topological polar surface area (TPSA) is 29.9 Å². The number of hydrogen-bond acceptors (Lipinski definition) is 2. The second-order valence-corrected chi connectivity index (χ2v) is 5.45. The SMILES string of the molecule is CCc1cc(Cc2cccc3c2CCNC3)n(CC)n1. The second-order valence-electron chi connectivity index (χ2n) is 5.45. The van der Waals surface area contributed by atoms with Crippen LogP contribution in [0, 0.1) is 0 Å². The quantitative estimate of drug-likeness (QED) is 0.925. The molecule has 0 fully saturated rings. The summed E-state index contributed by atoms with van der Waals surface area (Å²) in [6, 6.07) is 8.99. The van der Waals surface area contributed by atoms with E-state index in [4.69, 9.17) is 0 Å². The molecule has 3 nitrogen and oxygen atoms in total. The Morgan fingerprint density at radius 3 is 3.00 bits per heavy atom. The van der Waals surface area contributed by atoms with E-state index in [9.17, 15) is 0 Å². The minimum absolute atomic E-state index is 0.950. The average Bonchev–Trinajstić information content (AvgIpc) is 2.90. The van der Waals surface area contributed by atoms with E-state index in [1.54, 1.807) is 5.56 Å². The van der Waals surface area contributed by atoms with Gasteiger partial charge in [0.15, 0.2) is 0 Å². The van der Waals surface area contributed by atoms with Gasteiger partial charge in [-0.3, -0.25) is 4.68 Å². The van der Waals surface area contributed by atoms with Crippen LogP contribution in [0.5, 0.6) is 0 Å². The lowest BCUT2D eigenvalue weighted by molar-refractivity contribution is 0.615. The monoisotopic (exact) mass is 269 g/mol. The van der Waals surface area contributed by atoms with Crippen molar-refractivity contribution in [2.24, 2.45) is 0 Å². The van der Waals surface area contributed by atoms with Gasteiger partial charge in [0, 0.05) is 25.2 Å². The van der Waals surface area contributed by atoms with Crippen molar-refractivity contribution in [2.75, 3.05) is 6.54 Å². The maximum Gasteiger partial charge on any atom is 0.0624 e. The molecule has 0 aliphatic carbocycles. The normalized spacial score (nSPS) is 14.3. The Morgan fingerprint density at radius 1 is 1.30 bits per heavy atom. The number of hydrogen-bond donors (Lipinski definition) is 1. The van der Waals surface area contributed by atoms with E-state index >= 15 is 0 Å². The first-order chi connectivity index (χ1) is 9.81. The molecule has 1 aromatic carbocycles. The highest BCUT2D eigenvalue weighted by Crippen LogP contribution is 2.22. The van der Waals surface area contributed by atoms with Crippen molar-refractivity contribution in [3.8, 4) is 0 Å². The van der Waals surface area contributed by atoms with Crippen LogP contribution in [-0.2, 0) is 32.4 Å². The molecule has 0 radical (unpaired) electrons. The predicted molar refractivity (Wildman–Crippen MR) is 81.9 cm³/mol. The first kappa shape index (κ1) is 13.4. The van der Waals surface area contributed by atoms with Crippen LogP contribution >= 0.6 is 0 Å². The Hall–Kier alpha value is -1.61. The van der Waals surface area contributed by atoms with Gasteiger partial charge in [-0.25, -0.2) is 0 Å². The summed E-state index contributed by atoms with van der Waals surface area (Å²) in [4.78, 5) is 0. The smallest absolute Gasteiger partial charge is 0.0624 e. The fourth-order valence-corrected chi connectivity index (χ4v) is 3.08. The van der Waals surface area contributed by atoms with Crippen molar-refractivity contribution >= 4 is 0 Å². The van der Waals surface area contributed by atoms with Gasteiger partial charge in [-0.1, -0.05) is 25.1 Å². The van der Waals surface area contributed by atoms with E-state index in [-0.39, 0.29) is 0 Å². The molecule has 3 rings (SSSR count). The van der Waals surface area contributed by atoms with Crippen molar-refractivity contribution in [1.82, 2.24) is 15.1 Å². The number of nitrogens with zero attached hydrogens (tertiary/aromatic N) is 2. The van der Waals surface area contributed by atoms with Gasteiger partial charge in [0.25, 0.3) is 0 Å². The highest BCUT2D eigenvalue weighted by atomic mass is 15.3. The Balaban J connectivity index is 1.93. The molecule has 2 aromatic rings. The molecular formula is C17H23N3. The van der Waals surface area contributed by atoms with Crippen LogP contribution < -0.4 is 5.32 Å². The molecule has 0 spiro atoms. The number of nitrogens with one attached hydrogen (secondary N) is 1. The summed E-state index contributed by atoms with van der Waals surface area (Å²) in [6.45, 7) is 7.39. The first-order valence-electron chi connectivity index (χ1n) is 7.67. The zero-order valence-corrected chi connectivity index (χ0v) is 12.4. The Morgan fingerprint density at radius 2 is 2.20 bits per heavy atom. The molecule has 0 unspecified atom stereocenters. The zero-order valence-electron chi connectivity index (χ0n) is 12.4. The third kappa shape index (κ3) is 2.50. The highest BCUT2D eigenvalue weighted by Gasteiger charge is 2.14. The highest BCUT2D eigenvalue weighted by molar-refractivity contribution is 5.39. The van der Waals surface area contributed by atoms with Crippen LogP contribution in [0.1, 0.15) is 41.9 Å². The van der Waals surface area contributed by atoms with Crippen LogP contribution in [0.15, 0.2) is 24.3 Å². The largest absolute Gasteiger partial charge is 0.312 e. The van der Waals surface area contributed by atoms with Gasteiger partial charge in [-0.15, -0.1) is 0 Å². The maximum absolute atomic E-state index is 4.66. The van der Waals surface area contributed by atoms with Crippen molar-refractivity contribution in [1.29, 1.82) is 0 Å². The minimum Gasteiger partial charge on any atom is -0.312 e. The summed E-state index contributed by atoms with van der Waals surface area (Å²) in [6.07, 6.45) is 3.16. The second kappa shape index (κ2) is 5.80. The number of benzene rings is 1. The molecule has 1 aromatic heterocycles. The first-order valence-corrected chi connectivity index (χ1v) is 7.67. The predicted octanol–water partition coefficient (Wildman–Crippen LogP) is 2.70. The molecule has 1 aliphatic heterocycles. The van der Waals surface area contributed by atoms with Gasteiger partial charge in [-0.2, -0.15) is 5.10 Å². The van der Waals surface area contributed by atoms with Crippen LogP contribution in [0.3, 0.4) is 0 Å². The lowest BCUT2D eigenvalue weighted by Gasteiger charge is -2.20. The molecule has 0 atom stereocenters. The van der Waals surface area contributed by atoms with E-state index in [1.807, 2.05) is 0 Å².